The van der Waals surface area contributed by atoms with Crippen molar-refractivity contribution in [2.75, 3.05) is 13.1 Å². The zero-order valence-corrected chi connectivity index (χ0v) is 15.4. The fraction of sp³-hybridized carbons (Fsp3) is 0.500. The second kappa shape index (κ2) is 8.94. The Kier molecular flexibility index (Phi) is 6.89. The molecule has 1 fully saturated rings. The van der Waals surface area contributed by atoms with Gasteiger partial charge < -0.3 is 10.2 Å². The van der Waals surface area contributed by atoms with Gasteiger partial charge in [0.25, 0.3) is 0 Å². The van der Waals surface area contributed by atoms with Gasteiger partial charge in [0, 0.05) is 24.6 Å². The van der Waals surface area contributed by atoms with E-state index in [9.17, 15) is 22.8 Å². The van der Waals surface area contributed by atoms with E-state index in [-0.39, 0.29) is 36.4 Å². The van der Waals surface area contributed by atoms with Gasteiger partial charge in [0.05, 0.1) is 18.0 Å². The summed E-state index contributed by atoms with van der Waals surface area (Å²) in [5.41, 5.74) is -0.528. The number of nitrogens with zero attached hydrogens (tertiary/aromatic N) is 1. The number of carbonyl (C=O) groups is 2. The van der Waals surface area contributed by atoms with Gasteiger partial charge in [-0.25, -0.2) is 0 Å². The van der Waals surface area contributed by atoms with Crippen molar-refractivity contribution in [1.82, 2.24) is 10.2 Å². The molecule has 2 amide bonds. The number of halogens is 3. The zero-order valence-electron chi connectivity index (χ0n) is 15.4. The number of likely N-dealkylation sites (tertiary alicyclic amines) is 1. The van der Waals surface area contributed by atoms with Crippen molar-refractivity contribution >= 4 is 11.8 Å². The van der Waals surface area contributed by atoms with Crippen LogP contribution in [0.5, 0.6) is 0 Å². The number of rotatable bonds is 5. The van der Waals surface area contributed by atoms with Crippen LogP contribution in [-0.4, -0.2) is 35.8 Å². The molecule has 1 heterocycles. The van der Waals surface area contributed by atoms with Crippen LogP contribution in [0.15, 0.2) is 24.3 Å². The van der Waals surface area contributed by atoms with Crippen molar-refractivity contribution in [3.63, 3.8) is 0 Å². The number of carbonyl (C=O) groups excluding carboxylic acids is 2. The van der Waals surface area contributed by atoms with E-state index in [1.165, 1.54) is 12.1 Å². The molecule has 0 saturated carbocycles. The molecule has 7 heteroatoms. The summed E-state index contributed by atoms with van der Waals surface area (Å²) in [4.78, 5) is 26.1. The number of amides is 2. The molecule has 146 valence electrons. The summed E-state index contributed by atoms with van der Waals surface area (Å²) in [7, 11) is 0. The summed E-state index contributed by atoms with van der Waals surface area (Å²) < 4.78 is 38.0. The number of benzene rings is 1. The topological polar surface area (TPSA) is 49.4 Å². The Hall–Kier alpha value is -2.49. The average Bonchev–Trinajstić information content (AvgIpc) is 3.01. The normalized spacial score (nSPS) is 17.0. The van der Waals surface area contributed by atoms with Crippen LogP contribution < -0.4 is 5.32 Å². The molecule has 1 N–H and O–H groups in total. The van der Waals surface area contributed by atoms with Crippen molar-refractivity contribution in [2.24, 2.45) is 5.92 Å². The molecule has 1 aromatic carbocycles. The Morgan fingerprint density at radius 3 is 2.67 bits per heavy atom. The minimum atomic E-state index is -4.42. The number of alkyl halides is 3. The van der Waals surface area contributed by atoms with Gasteiger partial charge in [0.1, 0.15) is 0 Å². The molecule has 1 aliphatic heterocycles. The lowest BCUT2D eigenvalue weighted by molar-refractivity contribution is -0.137. The lowest BCUT2D eigenvalue weighted by Gasteiger charge is -2.26. The summed E-state index contributed by atoms with van der Waals surface area (Å²) >= 11 is 0. The molecule has 0 radical (unpaired) electrons. The Bertz CT molecular complexity index is 746. The summed E-state index contributed by atoms with van der Waals surface area (Å²) in [5.74, 6) is 4.59. The van der Waals surface area contributed by atoms with Crippen LogP contribution in [0, 0.1) is 17.8 Å². The zero-order chi connectivity index (χ0) is 20.0. The number of hydrogen-bond donors (Lipinski definition) is 1. The molecule has 2 rings (SSSR count). The summed E-state index contributed by atoms with van der Waals surface area (Å²) in [6, 6.07) is 4.87. The monoisotopic (exact) mass is 380 g/mol. The van der Waals surface area contributed by atoms with E-state index < -0.39 is 17.7 Å². The molecular weight excluding hydrogens is 357 g/mol. The van der Waals surface area contributed by atoms with Crippen LogP contribution >= 0.6 is 0 Å². The predicted octanol–water partition coefficient (Wildman–Crippen LogP) is 3.21. The van der Waals surface area contributed by atoms with Crippen LogP contribution in [0.1, 0.15) is 44.2 Å². The fourth-order valence-corrected chi connectivity index (χ4v) is 3.18. The van der Waals surface area contributed by atoms with Crippen molar-refractivity contribution < 1.29 is 22.8 Å². The molecule has 1 saturated heterocycles. The SMILES string of the molecule is CCC(CC)N1CC(C(=O)NCC#Cc2cccc(C(F)(F)F)c2)CC1=O. The molecule has 1 aromatic rings. The molecule has 1 unspecified atom stereocenters. The van der Waals surface area contributed by atoms with Gasteiger partial charge in [-0.15, -0.1) is 0 Å². The first-order valence-corrected chi connectivity index (χ1v) is 8.99. The average molecular weight is 380 g/mol. The number of nitrogens with one attached hydrogen (secondary N) is 1. The van der Waals surface area contributed by atoms with Crippen LogP contribution in [0.3, 0.4) is 0 Å². The molecule has 0 aromatic heterocycles. The van der Waals surface area contributed by atoms with Crippen molar-refractivity contribution in [1.29, 1.82) is 0 Å². The van der Waals surface area contributed by atoms with E-state index in [0.29, 0.717) is 6.54 Å². The Morgan fingerprint density at radius 1 is 1.33 bits per heavy atom. The third-order valence-corrected chi connectivity index (χ3v) is 4.69. The van der Waals surface area contributed by atoms with Gasteiger partial charge in [-0.3, -0.25) is 9.59 Å². The fourth-order valence-electron chi connectivity index (χ4n) is 3.18. The molecule has 0 bridgehead atoms. The van der Waals surface area contributed by atoms with Crippen LogP contribution in [-0.2, 0) is 15.8 Å². The van der Waals surface area contributed by atoms with Gasteiger partial charge in [0.15, 0.2) is 0 Å². The first kappa shape index (κ1) is 20.8. The quantitative estimate of drug-likeness (QED) is 0.798. The summed E-state index contributed by atoms with van der Waals surface area (Å²) in [6.07, 6.45) is -2.54. The lowest BCUT2D eigenvalue weighted by Crippen LogP contribution is -2.37. The first-order valence-electron chi connectivity index (χ1n) is 8.99. The second-order valence-corrected chi connectivity index (χ2v) is 6.52. The van der Waals surface area contributed by atoms with Crippen LogP contribution in [0.4, 0.5) is 13.2 Å². The Labute approximate surface area is 157 Å². The Morgan fingerprint density at radius 2 is 2.04 bits per heavy atom. The third-order valence-electron chi connectivity index (χ3n) is 4.69. The largest absolute Gasteiger partial charge is 0.416 e. The smallest absolute Gasteiger partial charge is 0.345 e. The first-order chi connectivity index (χ1) is 12.8. The molecule has 4 nitrogen and oxygen atoms in total. The van der Waals surface area contributed by atoms with Crippen molar-refractivity contribution in [3.05, 3.63) is 35.4 Å². The van der Waals surface area contributed by atoms with Gasteiger partial charge in [-0.2, -0.15) is 13.2 Å². The van der Waals surface area contributed by atoms with E-state index >= 15 is 0 Å². The molecule has 1 aliphatic rings. The lowest BCUT2D eigenvalue weighted by atomic mass is 10.1. The van der Waals surface area contributed by atoms with Gasteiger partial charge in [-0.1, -0.05) is 31.8 Å². The van der Waals surface area contributed by atoms with Gasteiger partial charge in [-0.05, 0) is 31.0 Å². The highest BCUT2D eigenvalue weighted by Crippen LogP contribution is 2.29. The van der Waals surface area contributed by atoms with E-state index in [2.05, 4.69) is 17.2 Å². The summed E-state index contributed by atoms with van der Waals surface area (Å²) in [5, 5.41) is 2.64. The van der Waals surface area contributed by atoms with E-state index in [0.717, 1.165) is 25.0 Å². The Balaban J connectivity index is 1.89. The maximum absolute atomic E-state index is 12.7. The standard InChI is InChI=1S/C20H23F3N2O2/c1-3-17(4-2)25-13-15(12-18(25)26)19(27)24-10-6-8-14-7-5-9-16(11-14)20(21,22)23/h5,7,9,11,15,17H,3-4,10,12-13H2,1-2H3,(H,24,27). The van der Waals surface area contributed by atoms with Crippen molar-refractivity contribution in [2.45, 2.75) is 45.3 Å². The molecule has 1 atom stereocenters. The number of hydrogen-bond acceptors (Lipinski definition) is 2. The minimum Gasteiger partial charge on any atom is -0.345 e. The highest BCUT2D eigenvalue weighted by molar-refractivity contribution is 5.89. The predicted molar refractivity (Wildman–Crippen MR) is 95.5 cm³/mol. The highest BCUT2D eigenvalue weighted by atomic mass is 19.4. The molecule has 27 heavy (non-hydrogen) atoms. The van der Waals surface area contributed by atoms with Crippen LogP contribution in [0.25, 0.3) is 0 Å². The maximum atomic E-state index is 12.7. The molecule has 0 aliphatic carbocycles. The molecular formula is C20H23F3N2O2. The molecule has 0 spiro atoms. The minimum absolute atomic E-state index is 0.0149. The third kappa shape index (κ3) is 5.49. The van der Waals surface area contributed by atoms with E-state index in [1.54, 1.807) is 4.90 Å². The van der Waals surface area contributed by atoms with E-state index in [1.807, 2.05) is 13.8 Å². The van der Waals surface area contributed by atoms with Crippen molar-refractivity contribution in [3.8, 4) is 11.8 Å². The van der Waals surface area contributed by atoms with Gasteiger partial charge in [0.2, 0.25) is 11.8 Å². The summed E-state index contributed by atoms with van der Waals surface area (Å²) in [6.45, 7) is 4.44. The highest BCUT2D eigenvalue weighted by Gasteiger charge is 2.36. The van der Waals surface area contributed by atoms with Crippen LogP contribution in [0.2, 0.25) is 0 Å². The van der Waals surface area contributed by atoms with Gasteiger partial charge >= 0.3 is 6.18 Å². The maximum Gasteiger partial charge on any atom is 0.416 e. The second-order valence-electron chi connectivity index (χ2n) is 6.52. The van der Waals surface area contributed by atoms with E-state index in [4.69, 9.17) is 0 Å².